The van der Waals surface area contributed by atoms with E-state index in [1.807, 2.05) is 6.92 Å². The van der Waals surface area contributed by atoms with Gasteiger partial charge in [-0.3, -0.25) is 4.90 Å². The van der Waals surface area contributed by atoms with Crippen molar-refractivity contribution in [1.29, 1.82) is 0 Å². The molecule has 0 aromatic carbocycles. The molecule has 3 aliphatic rings. The number of hydrogen-bond acceptors (Lipinski definition) is 6. The van der Waals surface area contributed by atoms with Crippen molar-refractivity contribution in [2.75, 3.05) is 45.3 Å². The Hall–Kier alpha value is -1.40. The molecular formula is C16H24N4O2. The minimum Gasteiger partial charge on any atom is -0.491 e. The van der Waals surface area contributed by atoms with Gasteiger partial charge in [0.25, 0.3) is 0 Å². The number of rotatable bonds is 3. The standard InChI is InChI=1S/C16H24N4O2/c1-10-14(21-3)16(18-15(17-10)11-4-5-11)20-8-12-13(9-20)22-7-6-19(12)2/h11-13H,4-9H2,1-3H3/t12-,13+/m1/s1. The quantitative estimate of drug-likeness (QED) is 0.836. The Bertz CT molecular complexity index is 576. The van der Waals surface area contributed by atoms with E-state index >= 15 is 0 Å². The maximum absolute atomic E-state index is 5.95. The van der Waals surface area contributed by atoms with Gasteiger partial charge in [0.1, 0.15) is 5.82 Å². The van der Waals surface area contributed by atoms with Gasteiger partial charge in [-0.05, 0) is 26.8 Å². The zero-order valence-electron chi connectivity index (χ0n) is 13.6. The summed E-state index contributed by atoms with van der Waals surface area (Å²) >= 11 is 0. The number of hydrogen-bond donors (Lipinski definition) is 0. The van der Waals surface area contributed by atoms with Crippen molar-refractivity contribution < 1.29 is 9.47 Å². The van der Waals surface area contributed by atoms with Gasteiger partial charge in [0, 0.05) is 25.6 Å². The molecule has 22 heavy (non-hydrogen) atoms. The Morgan fingerprint density at radius 1 is 1.23 bits per heavy atom. The summed E-state index contributed by atoms with van der Waals surface area (Å²) in [6.07, 6.45) is 2.69. The van der Waals surface area contributed by atoms with E-state index in [-0.39, 0.29) is 6.10 Å². The molecule has 120 valence electrons. The summed E-state index contributed by atoms with van der Waals surface area (Å²) in [5.74, 6) is 3.29. The molecule has 2 aliphatic heterocycles. The highest BCUT2D eigenvalue weighted by atomic mass is 16.5. The van der Waals surface area contributed by atoms with Gasteiger partial charge in [-0.1, -0.05) is 0 Å². The molecule has 0 unspecified atom stereocenters. The van der Waals surface area contributed by atoms with Crippen molar-refractivity contribution in [2.45, 2.75) is 37.8 Å². The predicted molar refractivity (Wildman–Crippen MR) is 83.7 cm³/mol. The van der Waals surface area contributed by atoms with E-state index in [1.165, 1.54) is 12.8 Å². The fourth-order valence-electron chi connectivity index (χ4n) is 3.58. The van der Waals surface area contributed by atoms with E-state index in [1.54, 1.807) is 7.11 Å². The van der Waals surface area contributed by atoms with Crippen molar-refractivity contribution in [2.24, 2.45) is 0 Å². The lowest BCUT2D eigenvalue weighted by atomic mass is 10.1. The highest BCUT2D eigenvalue weighted by Gasteiger charge is 2.40. The largest absolute Gasteiger partial charge is 0.491 e. The first-order chi connectivity index (χ1) is 10.7. The van der Waals surface area contributed by atoms with Gasteiger partial charge in [-0.15, -0.1) is 0 Å². The maximum Gasteiger partial charge on any atom is 0.182 e. The third kappa shape index (κ3) is 2.34. The zero-order valence-corrected chi connectivity index (χ0v) is 13.6. The van der Waals surface area contributed by atoms with Gasteiger partial charge in [0.15, 0.2) is 11.6 Å². The van der Waals surface area contributed by atoms with E-state index in [0.29, 0.717) is 12.0 Å². The summed E-state index contributed by atoms with van der Waals surface area (Å²) in [5, 5.41) is 0. The molecule has 3 fully saturated rings. The van der Waals surface area contributed by atoms with E-state index in [2.05, 4.69) is 21.8 Å². The first-order valence-corrected chi connectivity index (χ1v) is 8.16. The fraction of sp³-hybridized carbons (Fsp3) is 0.750. The molecule has 0 spiro atoms. The van der Waals surface area contributed by atoms with Gasteiger partial charge < -0.3 is 14.4 Å². The number of ether oxygens (including phenoxy) is 2. The topological polar surface area (TPSA) is 50.7 Å². The van der Waals surface area contributed by atoms with Crippen LogP contribution < -0.4 is 9.64 Å². The second-order valence-electron chi connectivity index (χ2n) is 6.66. The lowest BCUT2D eigenvalue weighted by Gasteiger charge is -2.33. The fourth-order valence-corrected chi connectivity index (χ4v) is 3.58. The third-order valence-corrected chi connectivity index (χ3v) is 5.06. The van der Waals surface area contributed by atoms with Crippen LogP contribution in [0.25, 0.3) is 0 Å². The highest BCUT2D eigenvalue weighted by molar-refractivity contribution is 5.56. The number of aryl methyl sites for hydroxylation is 1. The summed E-state index contributed by atoms with van der Waals surface area (Å²) in [6.45, 7) is 5.66. The van der Waals surface area contributed by atoms with Crippen molar-refractivity contribution in [3.8, 4) is 5.75 Å². The van der Waals surface area contributed by atoms with E-state index in [4.69, 9.17) is 14.5 Å². The van der Waals surface area contributed by atoms with Crippen LogP contribution in [0.15, 0.2) is 0 Å². The molecule has 1 saturated carbocycles. The molecule has 1 aromatic rings. The molecule has 6 heteroatoms. The Morgan fingerprint density at radius 3 is 2.73 bits per heavy atom. The molecule has 2 atom stereocenters. The molecule has 1 aliphatic carbocycles. The Kier molecular flexibility index (Phi) is 3.46. The highest BCUT2D eigenvalue weighted by Crippen LogP contribution is 2.41. The average Bonchev–Trinajstić information content (AvgIpc) is 3.26. The van der Waals surface area contributed by atoms with Crippen LogP contribution in [-0.4, -0.2) is 67.4 Å². The van der Waals surface area contributed by atoms with Crippen LogP contribution >= 0.6 is 0 Å². The van der Waals surface area contributed by atoms with Crippen LogP contribution in [0, 0.1) is 6.92 Å². The van der Waals surface area contributed by atoms with Crippen molar-refractivity contribution in [1.82, 2.24) is 14.9 Å². The minimum atomic E-state index is 0.267. The minimum absolute atomic E-state index is 0.267. The normalized spacial score (nSPS) is 28.8. The van der Waals surface area contributed by atoms with Crippen LogP contribution in [0.1, 0.15) is 30.3 Å². The molecule has 2 saturated heterocycles. The number of morpholine rings is 1. The maximum atomic E-state index is 5.95. The number of likely N-dealkylation sites (N-methyl/N-ethyl adjacent to an activating group) is 1. The molecule has 0 amide bonds. The van der Waals surface area contributed by atoms with Crippen molar-refractivity contribution >= 4 is 5.82 Å². The molecule has 0 N–H and O–H groups in total. The van der Waals surface area contributed by atoms with Crippen molar-refractivity contribution in [3.05, 3.63) is 11.5 Å². The van der Waals surface area contributed by atoms with E-state index in [9.17, 15) is 0 Å². The number of nitrogens with zero attached hydrogens (tertiary/aromatic N) is 4. The molecule has 1 aromatic heterocycles. The van der Waals surface area contributed by atoms with E-state index in [0.717, 1.165) is 49.3 Å². The number of methoxy groups -OCH3 is 1. The summed E-state index contributed by atoms with van der Waals surface area (Å²) in [4.78, 5) is 14.2. The third-order valence-electron chi connectivity index (χ3n) is 5.06. The lowest BCUT2D eigenvalue weighted by molar-refractivity contribution is -0.0362. The SMILES string of the molecule is COc1c(C)nc(C2CC2)nc1N1C[C@@H]2OCCN(C)[C@@H]2C1. The molecule has 6 nitrogen and oxygen atoms in total. The second-order valence-corrected chi connectivity index (χ2v) is 6.66. The Balaban J connectivity index is 1.66. The van der Waals surface area contributed by atoms with Crippen LogP contribution in [-0.2, 0) is 4.74 Å². The zero-order chi connectivity index (χ0) is 15.3. The van der Waals surface area contributed by atoms with Crippen LogP contribution in [0.5, 0.6) is 5.75 Å². The molecular weight excluding hydrogens is 280 g/mol. The number of aromatic nitrogens is 2. The summed E-state index contributed by atoms with van der Waals surface area (Å²) in [7, 11) is 3.89. The molecule has 0 bridgehead atoms. The number of anilines is 1. The van der Waals surface area contributed by atoms with Gasteiger partial charge in [-0.2, -0.15) is 0 Å². The summed E-state index contributed by atoms with van der Waals surface area (Å²) < 4.78 is 11.6. The van der Waals surface area contributed by atoms with Gasteiger partial charge in [0.05, 0.1) is 31.6 Å². The van der Waals surface area contributed by atoms with E-state index < -0.39 is 0 Å². The number of fused-ring (bicyclic) bond motifs is 1. The summed E-state index contributed by atoms with van der Waals surface area (Å²) in [5.41, 5.74) is 0.943. The van der Waals surface area contributed by atoms with Crippen LogP contribution in [0.2, 0.25) is 0 Å². The first-order valence-electron chi connectivity index (χ1n) is 8.16. The average molecular weight is 304 g/mol. The lowest BCUT2D eigenvalue weighted by Crippen LogP contribution is -2.48. The molecule has 0 radical (unpaired) electrons. The Labute approximate surface area is 131 Å². The first kappa shape index (κ1) is 14.2. The summed E-state index contributed by atoms with van der Waals surface area (Å²) in [6, 6.07) is 0.443. The smallest absolute Gasteiger partial charge is 0.182 e. The van der Waals surface area contributed by atoms with Crippen molar-refractivity contribution in [3.63, 3.8) is 0 Å². The molecule has 3 heterocycles. The van der Waals surface area contributed by atoms with Gasteiger partial charge in [-0.25, -0.2) is 9.97 Å². The van der Waals surface area contributed by atoms with Gasteiger partial charge in [0.2, 0.25) is 0 Å². The monoisotopic (exact) mass is 304 g/mol. The van der Waals surface area contributed by atoms with Crippen LogP contribution in [0.3, 0.4) is 0 Å². The second kappa shape index (κ2) is 5.35. The van der Waals surface area contributed by atoms with Crippen LogP contribution in [0.4, 0.5) is 5.82 Å². The van der Waals surface area contributed by atoms with Gasteiger partial charge >= 0.3 is 0 Å². The molecule has 4 rings (SSSR count). The predicted octanol–water partition coefficient (Wildman–Crippen LogP) is 1.19. The Morgan fingerprint density at radius 2 is 2.05 bits per heavy atom.